The number of methoxy groups -OCH3 is 1. The van der Waals surface area contributed by atoms with Gasteiger partial charge >= 0.3 is 0 Å². The third-order valence-electron chi connectivity index (χ3n) is 4.50. The molecule has 148 valence electrons. The minimum Gasteiger partial charge on any atom is -0.497 e. The largest absolute Gasteiger partial charge is 0.497 e. The van der Waals surface area contributed by atoms with Crippen LogP contribution in [0.5, 0.6) is 17.2 Å². The van der Waals surface area contributed by atoms with E-state index in [4.69, 9.17) is 14.2 Å². The Morgan fingerprint density at radius 1 is 1.10 bits per heavy atom. The van der Waals surface area contributed by atoms with Crippen LogP contribution in [0.1, 0.15) is 15.9 Å². The minimum absolute atomic E-state index is 0.149. The van der Waals surface area contributed by atoms with Crippen molar-refractivity contribution in [1.29, 1.82) is 0 Å². The summed E-state index contributed by atoms with van der Waals surface area (Å²) >= 11 is 0. The SMILES string of the molecule is COc1cccc(CCNC(=O)c2ccnc(Nc3ccc4c(c3)OCO4)c2)c1. The van der Waals surface area contributed by atoms with Crippen LogP contribution in [0.2, 0.25) is 0 Å². The van der Waals surface area contributed by atoms with Crippen molar-refractivity contribution in [3.63, 3.8) is 0 Å². The predicted octanol–water partition coefficient (Wildman–Crippen LogP) is 3.54. The number of nitrogens with zero attached hydrogens (tertiary/aromatic N) is 1. The van der Waals surface area contributed by atoms with Gasteiger partial charge in [-0.15, -0.1) is 0 Å². The molecule has 2 aromatic carbocycles. The van der Waals surface area contributed by atoms with E-state index < -0.39 is 0 Å². The van der Waals surface area contributed by atoms with E-state index >= 15 is 0 Å². The van der Waals surface area contributed by atoms with Crippen LogP contribution in [0.3, 0.4) is 0 Å². The third-order valence-corrected chi connectivity index (χ3v) is 4.50. The molecule has 0 spiro atoms. The lowest BCUT2D eigenvalue weighted by atomic mass is 10.1. The first-order chi connectivity index (χ1) is 14.2. The smallest absolute Gasteiger partial charge is 0.251 e. The van der Waals surface area contributed by atoms with Gasteiger partial charge in [-0.25, -0.2) is 4.98 Å². The predicted molar refractivity (Wildman–Crippen MR) is 109 cm³/mol. The van der Waals surface area contributed by atoms with Gasteiger partial charge in [0.25, 0.3) is 5.91 Å². The van der Waals surface area contributed by atoms with Gasteiger partial charge in [-0.1, -0.05) is 12.1 Å². The van der Waals surface area contributed by atoms with Gasteiger partial charge in [0, 0.05) is 30.1 Å². The number of benzene rings is 2. The summed E-state index contributed by atoms with van der Waals surface area (Å²) in [4.78, 5) is 16.8. The van der Waals surface area contributed by atoms with Crippen LogP contribution in [0.4, 0.5) is 11.5 Å². The van der Waals surface area contributed by atoms with Crippen molar-refractivity contribution in [2.45, 2.75) is 6.42 Å². The molecule has 1 aromatic heterocycles. The van der Waals surface area contributed by atoms with Crippen molar-refractivity contribution in [2.24, 2.45) is 0 Å². The molecule has 0 atom stereocenters. The fourth-order valence-corrected chi connectivity index (χ4v) is 3.01. The fraction of sp³-hybridized carbons (Fsp3) is 0.182. The van der Waals surface area contributed by atoms with E-state index in [2.05, 4.69) is 15.6 Å². The van der Waals surface area contributed by atoms with E-state index in [1.165, 1.54) is 0 Å². The van der Waals surface area contributed by atoms with Crippen LogP contribution in [0.15, 0.2) is 60.8 Å². The van der Waals surface area contributed by atoms with Crippen LogP contribution in [-0.2, 0) is 6.42 Å². The number of amides is 1. The Kier molecular flexibility index (Phi) is 5.47. The summed E-state index contributed by atoms with van der Waals surface area (Å²) in [6, 6.07) is 16.7. The molecule has 29 heavy (non-hydrogen) atoms. The lowest BCUT2D eigenvalue weighted by Gasteiger charge is -2.09. The molecule has 0 fully saturated rings. The molecule has 7 nitrogen and oxygen atoms in total. The molecule has 4 rings (SSSR count). The average Bonchev–Trinajstić information content (AvgIpc) is 3.22. The summed E-state index contributed by atoms with van der Waals surface area (Å²) in [7, 11) is 1.64. The molecule has 0 saturated heterocycles. The standard InChI is InChI=1S/C22H21N3O4/c1-27-18-4-2-3-15(11-18)7-9-24-22(26)16-8-10-23-21(12-16)25-17-5-6-19-20(13-17)29-14-28-19/h2-6,8,10-13H,7,9,14H2,1H3,(H,23,25)(H,24,26). The zero-order chi connectivity index (χ0) is 20.1. The zero-order valence-electron chi connectivity index (χ0n) is 16.0. The Morgan fingerprint density at radius 3 is 2.90 bits per heavy atom. The summed E-state index contributed by atoms with van der Waals surface area (Å²) in [5.41, 5.74) is 2.44. The lowest BCUT2D eigenvalue weighted by molar-refractivity contribution is 0.0954. The molecule has 0 radical (unpaired) electrons. The Hall–Kier alpha value is -3.74. The monoisotopic (exact) mass is 391 g/mol. The second-order valence-corrected chi connectivity index (χ2v) is 6.48. The van der Waals surface area contributed by atoms with Crippen molar-refractivity contribution < 1.29 is 19.0 Å². The maximum atomic E-state index is 12.5. The van der Waals surface area contributed by atoms with Gasteiger partial charge in [-0.3, -0.25) is 4.79 Å². The Morgan fingerprint density at radius 2 is 2.00 bits per heavy atom. The molecule has 0 aliphatic carbocycles. The normalized spacial score (nSPS) is 11.8. The maximum absolute atomic E-state index is 12.5. The first-order valence-corrected chi connectivity index (χ1v) is 9.25. The van der Waals surface area contributed by atoms with Crippen molar-refractivity contribution in [1.82, 2.24) is 10.3 Å². The third kappa shape index (κ3) is 4.57. The van der Waals surface area contributed by atoms with E-state index in [9.17, 15) is 4.79 Å². The van der Waals surface area contributed by atoms with E-state index in [-0.39, 0.29) is 12.7 Å². The number of nitrogens with one attached hydrogen (secondary N) is 2. The quantitative estimate of drug-likeness (QED) is 0.641. The number of pyridine rings is 1. The Balaban J connectivity index is 1.35. The number of carbonyl (C=O) groups excluding carboxylic acids is 1. The van der Waals surface area contributed by atoms with Crippen LogP contribution >= 0.6 is 0 Å². The van der Waals surface area contributed by atoms with Crippen LogP contribution < -0.4 is 24.8 Å². The van der Waals surface area contributed by atoms with Gasteiger partial charge in [-0.2, -0.15) is 0 Å². The first kappa shape index (κ1) is 18.6. The molecule has 2 heterocycles. The van der Waals surface area contributed by atoms with Gasteiger partial charge < -0.3 is 24.8 Å². The highest BCUT2D eigenvalue weighted by molar-refractivity contribution is 5.94. The molecule has 1 aliphatic heterocycles. The van der Waals surface area contributed by atoms with Crippen molar-refractivity contribution in [2.75, 3.05) is 25.8 Å². The van der Waals surface area contributed by atoms with Gasteiger partial charge in [0.05, 0.1) is 7.11 Å². The molecule has 0 bridgehead atoms. The summed E-state index contributed by atoms with van der Waals surface area (Å²) in [6.45, 7) is 0.752. The van der Waals surface area contributed by atoms with Gasteiger partial charge in [0.1, 0.15) is 11.6 Å². The fourth-order valence-electron chi connectivity index (χ4n) is 3.01. The minimum atomic E-state index is -0.149. The Labute approximate surface area is 168 Å². The molecule has 0 unspecified atom stereocenters. The molecule has 0 saturated carbocycles. The summed E-state index contributed by atoms with van der Waals surface area (Å²) in [5, 5.41) is 6.12. The molecule has 2 N–H and O–H groups in total. The number of ether oxygens (including phenoxy) is 3. The maximum Gasteiger partial charge on any atom is 0.251 e. The highest BCUT2D eigenvalue weighted by Gasteiger charge is 2.14. The number of fused-ring (bicyclic) bond motifs is 1. The second kappa shape index (κ2) is 8.52. The molecular formula is C22H21N3O4. The lowest BCUT2D eigenvalue weighted by Crippen LogP contribution is -2.25. The molecule has 3 aromatic rings. The van der Waals surface area contributed by atoms with Crippen LogP contribution in [-0.4, -0.2) is 31.3 Å². The van der Waals surface area contributed by atoms with E-state index in [0.717, 1.165) is 23.4 Å². The van der Waals surface area contributed by atoms with E-state index in [1.807, 2.05) is 42.5 Å². The Bertz CT molecular complexity index is 1020. The number of carbonyl (C=O) groups is 1. The zero-order valence-corrected chi connectivity index (χ0v) is 16.0. The number of rotatable bonds is 7. The summed E-state index contributed by atoms with van der Waals surface area (Å²) in [5.74, 6) is 2.63. The summed E-state index contributed by atoms with van der Waals surface area (Å²) < 4.78 is 15.9. The van der Waals surface area contributed by atoms with Crippen molar-refractivity contribution >= 4 is 17.4 Å². The molecule has 1 amide bonds. The number of anilines is 2. The molecule has 1 aliphatic rings. The highest BCUT2D eigenvalue weighted by Crippen LogP contribution is 2.34. The molecular weight excluding hydrogens is 370 g/mol. The van der Waals surface area contributed by atoms with Crippen LogP contribution in [0.25, 0.3) is 0 Å². The summed E-state index contributed by atoms with van der Waals surface area (Å²) in [6.07, 6.45) is 2.32. The first-order valence-electron chi connectivity index (χ1n) is 9.25. The van der Waals surface area contributed by atoms with E-state index in [1.54, 1.807) is 25.4 Å². The van der Waals surface area contributed by atoms with E-state index in [0.29, 0.717) is 29.4 Å². The van der Waals surface area contributed by atoms with Crippen LogP contribution in [0, 0.1) is 0 Å². The number of aromatic nitrogens is 1. The van der Waals surface area contributed by atoms with Gasteiger partial charge in [0.15, 0.2) is 11.5 Å². The average molecular weight is 391 g/mol. The number of hydrogen-bond acceptors (Lipinski definition) is 6. The van der Waals surface area contributed by atoms with Crippen molar-refractivity contribution in [3.05, 3.63) is 71.9 Å². The van der Waals surface area contributed by atoms with Crippen molar-refractivity contribution in [3.8, 4) is 17.2 Å². The number of hydrogen-bond donors (Lipinski definition) is 2. The second-order valence-electron chi connectivity index (χ2n) is 6.48. The molecule has 7 heteroatoms. The van der Waals surface area contributed by atoms with Gasteiger partial charge in [0.2, 0.25) is 6.79 Å². The van der Waals surface area contributed by atoms with Gasteiger partial charge in [-0.05, 0) is 48.4 Å². The topological polar surface area (TPSA) is 81.7 Å². The highest BCUT2D eigenvalue weighted by atomic mass is 16.7.